The molecular weight excluding hydrogens is 405 g/mol. The Morgan fingerprint density at radius 1 is 0.964 bits per heavy atom. The number of halogens is 2. The van der Waals surface area contributed by atoms with Gasteiger partial charge in [0, 0.05) is 22.8 Å². The summed E-state index contributed by atoms with van der Waals surface area (Å²) >= 11 is 12.2. The summed E-state index contributed by atoms with van der Waals surface area (Å²) in [6, 6.07) is 8.54. The van der Waals surface area contributed by atoms with Crippen LogP contribution in [0, 0.1) is 6.92 Å². The Labute approximate surface area is 172 Å². The van der Waals surface area contributed by atoms with Crippen molar-refractivity contribution in [3.63, 3.8) is 0 Å². The van der Waals surface area contributed by atoms with Gasteiger partial charge < -0.3 is 25.4 Å². The third-order valence-electron chi connectivity index (χ3n) is 4.06. The molecule has 0 radical (unpaired) electrons. The standard InChI is InChI=1S/C19H19Cl2N3O4/c1-11-12(20)3-2-4-14(11)24-19(26)10-23-18(25)9-22-15-8-17-16(7-13(15)21)27-5-6-28-17/h2-4,7-8,22H,5-6,9-10H2,1H3,(H,23,25)(H,24,26). The first-order chi connectivity index (χ1) is 13.4. The molecule has 1 aliphatic rings. The van der Waals surface area contributed by atoms with E-state index in [9.17, 15) is 9.59 Å². The molecule has 28 heavy (non-hydrogen) atoms. The summed E-state index contributed by atoms with van der Waals surface area (Å²) in [5.74, 6) is 0.425. The molecule has 1 heterocycles. The maximum atomic E-state index is 12.0. The van der Waals surface area contributed by atoms with E-state index in [4.69, 9.17) is 32.7 Å². The third kappa shape index (κ3) is 4.99. The fourth-order valence-corrected chi connectivity index (χ4v) is 2.95. The first-order valence-corrected chi connectivity index (χ1v) is 9.34. The molecule has 148 valence electrons. The molecule has 0 saturated carbocycles. The zero-order valence-corrected chi connectivity index (χ0v) is 16.6. The largest absolute Gasteiger partial charge is 0.486 e. The van der Waals surface area contributed by atoms with E-state index in [2.05, 4.69) is 16.0 Å². The topological polar surface area (TPSA) is 88.7 Å². The fourth-order valence-electron chi connectivity index (χ4n) is 2.55. The molecule has 0 saturated heterocycles. The molecule has 7 nitrogen and oxygen atoms in total. The van der Waals surface area contributed by atoms with Crippen LogP contribution in [0.3, 0.4) is 0 Å². The van der Waals surface area contributed by atoms with Crippen molar-refractivity contribution < 1.29 is 19.1 Å². The Kier molecular flexibility index (Phi) is 6.49. The fraction of sp³-hybridized carbons (Fsp3) is 0.263. The highest BCUT2D eigenvalue weighted by atomic mass is 35.5. The minimum atomic E-state index is -0.357. The van der Waals surface area contributed by atoms with Gasteiger partial charge in [-0.05, 0) is 24.6 Å². The number of hydrogen-bond acceptors (Lipinski definition) is 5. The molecule has 0 unspecified atom stereocenters. The lowest BCUT2D eigenvalue weighted by molar-refractivity contribution is -0.122. The van der Waals surface area contributed by atoms with E-state index in [1.165, 1.54) is 0 Å². The van der Waals surface area contributed by atoms with E-state index in [1.54, 1.807) is 37.3 Å². The molecule has 2 aromatic rings. The third-order valence-corrected chi connectivity index (χ3v) is 4.78. The SMILES string of the molecule is Cc1c(Cl)cccc1NC(=O)CNC(=O)CNc1cc2c(cc1Cl)OCCO2. The second-order valence-electron chi connectivity index (χ2n) is 6.07. The second kappa shape index (κ2) is 9.03. The van der Waals surface area contributed by atoms with E-state index in [0.717, 1.165) is 5.56 Å². The van der Waals surface area contributed by atoms with E-state index in [0.29, 0.717) is 46.1 Å². The molecule has 2 amide bonds. The number of nitrogens with one attached hydrogen (secondary N) is 3. The van der Waals surface area contributed by atoms with Crippen molar-refractivity contribution >= 4 is 46.4 Å². The Bertz CT molecular complexity index is 905. The molecule has 0 bridgehead atoms. The average Bonchev–Trinajstić information content (AvgIpc) is 2.68. The highest BCUT2D eigenvalue weighted by Crippen LogP contribution is 2.37. The van der Waals surface area contributed by atoms with Gasteiger partial charge in [0.05, 0.1) is 23.8 Å². The highest BCUT2D eigenvalue weighted by molar-refractivity contribution is 6.33. The van der Waals surface area contributed by atoms with Crippen LogP contribution in [0.15, 0.2) is 30.3 Å². The molecule has 0 atom stereocenters. The van der Waals surface area contributed by atoms with Crippen molar-refractivity contribution in [2.45, 2.75) is 6.92 Å². The molecule has 2 aromatic carbocycles. The van der Waals surface area contributed by atoms with Crippen molar-refractivity contribution in [2.75, 3.05) is 36.9 Å². The molecule has 0 aliphatic carbocycles. The molecule has 9 heteroatoms. The molecule has 0 aromatic heterocycles. The van der Waals surface area contributed by atoms with Crippen LogP contribution in [0.5, 0.6) is 11.5 Å². The number of carbonyl (C=O) groups excluding carboxylic acids is 2. The van der Waals surface area contributed by atoms with Gasteiger partial charge in [-0.15, -0.1) is 0 Å². The maximum absolute atomic E-state index is 12.0. The average molecular weight is 424 g/mol. The van der Waals surface area contributed by atoms with Crippen LogP contribution in [0.4, 0.5) is 11.4 Å². The smallest absolute Gasteiger partial charge is 0.243 e. The molecule has 0 fully saturated rings. The van der Waals surface area contributed by atoms with Crippen LogP contribution in [-0.4, -0.2) is 38.1 Å². The molecule has 3 N–H and O–H groups in total. The number of benzene rings is 2. The van der Waals surface area contributed by atoms with Gasteiger partial charge in [0.15, 0.2) is 11.5 Å². The lowest BCUT2D eigenvalue weighted by Crippen LogP contribution is -2.36. The zero-order valence-electron chi connectivity index (χ0n) is 15.1. The Hall–Kier alpha value is -2.64. The van der Waals surface area contributed by atoms with E-state index in [-0.39, 0.29) is 24.9 Å². The molecular formula is C19H19Cl2N3O4. The van der Waals surface area contributed by atoms with Crippen LogP contribution in [-0.2, 0) is 9.59 Å². The van der Waals surface area contributed by atoms with Gasteiger partial charge in [-0.2, -0.15) is 0 Å². The number of carbonyl (C=O) groups is 2. The van der Waals surface area contributed by atoms with E-state index < -0.39 is 0 Å². The number of fused-ring (bicyclic) bond motifs is 1. The van der Waals surface area contributed by atoms with E-state index >= 15 is 0 Å². The van der Waals surface area contributed by atoms with Gasteiger partial charge in [0.1, 0.15) is 13.2 Å². The predicted molar refractivity (Wildman–Crippen MR) is 109 cm³/mol. The van der Waals surface area contributed by atoms with Crippen LogP contribution in [0.25, 0.3) is 0 Å². The van der Waals surface area contributed by atoms with Crippen molar-refractivity contribution in [1.29, 1.82) is 0 Å². The van der Waals surface area contributed by atoms with Gasteiger partial charge in [0.25, 0.3) is 0 Å². The zero-order chi connectivity index (χ0) is 20.1. The van der Waals surface area contributed by atoms with Crippen molar-refractivity contribution in [1.82, 2.24) is 5.32 Å². The summed E-state index contributed by atoms with van der Waals surface area (Å²) in [6.45, 7) is 2.51. The van der Waals surface area contributed by atoms with Crippen molar-refractivity contribution in [3.8, 4) is 11.5 Å². The summed E-state index contributed by atoms with van der Waals surface area (Å²) in [6.07, 6.45) is 0. The summed E-state index contributed by atoms with van der Waals surface area (Å²) < 4.78 is 10.9. The van der Waals surface area contributed by atoms with Crippen molar-refractivity contribution in [2.24, 2.45) is 0 Å². The number of amides is 2. The first-order valence-electron chi connectivity index (χ1n) is 8.58. The van der Waals surface area contributed by atoms with Gasteiger partial charge in [-0.25, -0.2) is 0 Å². The number of anilines is 2. The summed E-state index contributed by atoms with van der Waals surface area (Å²) in [5, 5.41) is 9.15. The van der Waals surface area contributed by atoms with Crippen LogP contribution in [0.1, 0.15) is 5.56 Å². The predicted octanol–water partition coefficient (Wildman–Crippen LogP) is 3.24. The highest BCUT2D eigenvalue weighted by Gasteiger charge is 2.16. The van der Waals surface area contributed by atoms with Crippen LogP contribution >= 0.6 is 23.2 Å². The summed E-state index contributed by atoms with van der Waals surface area (Å²) in [4.78, 5) is 24.0. The van der Waals surface area contributed by atoms with Gasteiger partial charge >= 0.3 is 0 Å². The van der Waals surface area contributed by atoms with Crippen LogP contribution in [0.2, 0.25) is 10.0 Å². The monoisotopic (exact) mass is 423 g/mol. The van der Waals surface area contributed by atoms with E-state index in [1.807, 2.05) is 0 Å². The minimum absolute atomic E-state index is 0.0527. The molecule has 1 aliphatic heterocycles. The van der Waals surface area contributed by atoms with Gasteiger partial charge in [-0.3, -0.25) is 9.59 Å². The molecule has 3 rings (SSSR count). The first kappa shape index (κ1) is 20.1. The number of rotatable bonds is 6. The summed E-state index contributed by atoms with van der Waals surface area (Å²) in [7, 11) is 0. The lowest BCUT2D eigenvalue weighted by atomic mass is 10.2. The molecule has 0 spiro atoms. The maximum Gasteiger partial charge on any atom is 0.243 e. The quantitative estimate of drug-likeness (QED) is 0.663. The number of ether oxygens (including phenoxy) is 2. The Morgan fingerprint density at radius 2 is 1.68 bits per heavy atom. The van der Waals surface area contributed by atoms with Gasteiger partial charge in [-0.1, -0.05) is 29.3 Å². The number of hydrogen-bond donors (Lipinski definition) is 3. The normalized spacial score (nSPS) is 12.2. The minimum Gasteiger partial charge on any atom is -0.486 e. The van der Waals surface area contributed by atoms with Crippen molar-refractivity contribution in [3.05, 3.63) is 45.9 Å². The van der Waals surface area contributed by atoms with Crippen LogP contribution < -0.4 is 25.4 Å². The Balaban J connectivity index is 1.48. The second-order valence-corrected chi connectivity index (χ2v) is 6.88. The summed E-state index contributed by atoms with van der Waals surface area (Å²) in [5.41, 5.74) is 1.91. The van der Waals surface area contributed by atoms with Gasteiger partial charge in [0.2, 0.25) is 11.8 Å². The Morgan fingerprint density at radius 3 is 2.43 bits per heavy atom. The lowest BCUT2D eigenvalue weighted by Gasteiger charge is -2.20.